The summed E-state index contributed by atoms with van der Waals surface area (Å²) in [7, 11) is 0. The number of hydrogen-bond acceptors (Lipinski definition) is 3. The average Bonchev–Trinajstić information content (AvgIpc) is 3.17. The molecule has 2 aromatic rings. The summed E-state index contributed by atoms with van der Waals surface area (Å²) in [6.07, 6.45) is 3.57. The Morgan fingerprint density at radius 1 is 1.28 bits per heavy atom. The maximum Gasteiger partial charge on any atom is 0.264 e. The van der Waals surface area contributed by atoms with Gasteiger partial charge in [0.25, 0.3) is 5.91 Å². The highest BCUT2D eigenvalue weighted by molar-refractivity contribution is 5.83. The van der Waals surface area contributed by atoms with Crippen LogP contribution in [0.1, 0.15) is 36.2 Å². The van der Waals surface area contributed by atoms with Crippen molar-refractivity contribution in [2.45, 2.75) is 58.2 Å². The standard InChI is InChI=1S/C20H25N3O2/c1-14-11-15(2)23(21-14)13-17-8-5-6-10-22(17)20(24)19-12-16-7-3-4-9-18(16)25-19/h3-4,7,9,11,17,19H,5-6,8,10,12-13H2,1-2H3/t17-,19+/m0/s1. The van der Waals surface area contributed by atoms with Crippen molar-refractivity contribution in [1.29, 1.82) is 0 Å². The van der Waals surface area contributed by atoms with E-state index in [0.29, 0.717) is 6.42 Å². The van der Waals surface area contributed by atoms with Gasteiger partial charge in [0.1, 0.15) is 5.75 Å². The number of fused-ring (bicyclic) bond motifs is 1. The second kappa shape index (κ2) is 6.54. The molecule has 0 unspecified atom stereocenters. The second-order valence-corrected chi connectivity index (χ2v) is 7.21. The van der Waals surface area contributed by atoms with Crippen LogP contribution in [0.15, 0.2) is 30.3 Å². The zero-order valence-electron chi connectivity index (χ0n) is 14.9. The number of carbonyl (C=O) groups excluding carboxylic acids is 1. The van der Waals surface area contributed by atoms with Crippen LogP contribution in [0.5, 0.6) is 5.75 Å². The third-order valence-electron chi connectivity index (χ3n) is 5.32. The van der Waals surface area contributed by atoms with E-state index in [-0.39, 0.29) is 18.1 Å². The van der Waals surface area contributed by atoms with E-state index in [9.17, 15) is 4.79 Å². The van der Waals surface area contributed by atoms with Gasteiger partial charge in [-0.3, -0.25) is 9.48 Å². The summed E-state index contributed by atoms with van der Waals surface area (Å²) < 4.78 is 7.97. The largest absolute Gasteiger partial charge is 0.480 e. The molecule has 0 aliphatic carbocycles. The molecule has 4 rings (SSSR count). The van der Waals surface area contributed by atoms with Crippen molar-refractivity contribution in [3.05, 3.63) is 47.3 Å². The van der Waals surface area contributed by atoms with Gasteiger partial charge in [-0.1, -0.05) is 18.2 Å². The first-order valence-corrected chi connectivity index (χ1v) is 9.18. The lowest BCUT2D eigenvalue weighted by molar-refractivity contribution is -0.142. The maximum atomic E-state index is 13.1. The van der Waals surface area contributed by atoms with Crippen molar-refractivity contribution < 1.29 is 9.53 Å². The summed E-state index contributed by atoms with van der Waals surface area (Å²) in [6, 6.07) is 10.2. The molecule has 2 aliphatic heterocycles. The van der Waals surface area contributed by atoms with Crippen molar-refractivity contribution >= 4 is 5.91 Å². The van der Waals surface area contributed by atoms with Gasteiger partial charge in [-0.15, -0.1) is 0 Å². The highest BCUT2D eigenvalue weighted by atomic mass is 16.5. The molecule has 0 saturated carbocycles. The summed E-state index contributed by atoms with van der Waals surface area (Å²) in [5.41, 5.74) is 3.31. The van der Waals surface area contributed by atoms with Gasteiger partial charge in [-0.2, -0.15) is 5.10 Å². The summed E-state index contributed by atoms with van der Waals surface area (Å²) >= 11 is 0. The molecule has 5 nitrogen and oxygen atoms in total. The van der Waals surface area contributed by atoms with Gasteiger partial charge in [0.15, 0.2) is 6.10 Å². The SMILES string of the molecule is Cc1cc(C)n(C[C@@H]2CCCCN2C(=O)[C@H]2Cc3ccccc3O2)n1. The first-order valence-electron chi connectivity index (χ1n) is 9.18. The van der Waals surface area contributed by atoms with E-state index in [4.69, 9.17) is 4.74 Å². The fourth-order valence-electron chi connectivity index (χ4n) is 4.04. The molecule has 5 heteroatoms. The van der Waals surface area contributed by atoms with Gasteiger partial charge in [0.2, 0.25) is 0 Å². The number of para-hydroxylation sites is 1. The number of piperidine rings is 1. The Morgan fingerprint density at radius 3 is 2.88 bits per heavy atom. The number of carbonyl (C=O) groups is 1. The predicted octanol–water partition coefficient (Wildman–Crippen LogP) is 2.88. The zero-order chi connectivity index (χ0) is 17.4. The van der Waals surface area contributed by atoms with Crippen LogP contribution in [-0.4, -0.2) is 39.3 Å². The molecule has 132 valence electrons. The molecule has 2 atom stereocenters. The Morgan fingerprint density at radius 2 is 2.12 bits per heavy atom. The molecule has 1 aromatic carbocycles. The van der Waals surface area contributed by atoms with Crippen molar-refractivity contribution in [3.8, 4) is 5.75 Å². The highest BCUT2D eigenvalue weighted by Gasteiger charge is 2.36. The van der Waals surface area contributed by atoms with Gasteiger partial charge in [0.05, 0.1) is 18.3 Å². The second-order valence-electron chi connectivity index (χ2n) is 7.21. The Hall–Kier alpha value is -2.30. The van der Waals surface area contributed by atoms with Gasteiger partial charge in [-0.25, -0.2) is 0 Å². The number of amides is 1. The normalized spacial score (nSPS) is 22.6. The predicted molar refractivity (Wildman–Crippen MR) is 95.6 cm³/mol. The minimum absolute atomic E-state index is 0.127. The molecule has 0 spiro atoms. The van der Waals surface area contributed by atoms with E-state index < -0.39 is 0 Å². The molecule has 2 aliphatic rings. The van der Waals surface area contributed by atoms with Gasteiger partial charge < -0.3 is 9.64 Å². The number of hydrogen-bond donors (Lipinski definition) is 0. The molecule has 3 heterocycles. The number of nitrogens with zero attached hydrogens (tertiary/aromatic N) is 3. The van der Waals surface area contributed by atoms with Crippen LogP contribution in [0, 0.1) is 13.8 Å². The third-order valence-corrected chi connectivity index (χ3v) is 5.32. The Kier molecular flexibility index (Phi) is 4.24. The number of likely N-dealkylation sites (tertiary alicyclic amines) is 1. The quantitative estimate of drug-likeness (QED) is 0.864. The monoisotopic (exact) mass is 339 g/mol. The van der Waals surface area contributed by atoms with Crippen LogP contribution in [0.2, 0.25) is 0 Å². The number of benzene rings is 1. The summed E-state index contributed by atoms with van der Waals surface area (Å²) in [4.78, 5) is 15.2. The summed E-state index contributed by atoms with van der Waals surface area (Å²) in [5, 5.41) is 4.58. The summed E-state index contributed by atoms with van der Waals surface area (Å²) in [5.74, 6) is 0.982. The molecule has 1 aromatic heterocycles. The van der Waals surface area contributed by atoms with Gasteiger partial charge >= 0.3 is 0 Å². The minimum atomic E-state index is -0.376. The van der Waals surface area contributed by atoms with E-state index in [1.54, 1.807) is 0 Å². The Balaban J connectivity index is 1.49. The van der Waals surface area contributed by atoms with Crippen LogP contribution in [0.25, 0.3) is 0 Å². The Bertz CT molecular complexity index is 758. The zero-order valence-corrected chi connectivity index (χ0v) is 14.9. The number of ether oxygens (including phenoxy) is 1. The average molecular weight is 339 g/mol. The van der Waals surface area contributed by atoms with E-state index in [2.05, 4.69) is 18.1 Å². The van der Waals surface area contributed by atoms with Crippen molar-refractivity contribution in [1.82, 2.24) is 14.7 Å². The van der Waals surface area contributed by atoms with Crippen LogP contribution < -0.4 is 4.74 Å². The van der Waals surface area contributed by atoms with E-state index in [1.807, 2.05) is 40.8 Å². The Labute approximate surface area is 148 Å². The van der Waals surface area contributed by atoms with Crippen LogP contribution >= 0.6 is 0 Å². The lowest BCUT2D eigenvalue weighted by Crippen LogP contribution is -2.51. The third kappa shape index (κ3) is 3.15. The smallest absolute Gasteiger partial charge is 0.264 e. The van der Waals surface area contributed by atoms with E-state index in [0.717, 1.165) is 48.6 Å². The van der Waals surface area contributed by atoms with Crippen molar-refractivity contribution in [2.75, 3.05) is 6.54 Å². The number of aryl methyl sites for hydroxylation is 2. The van der Waals surface area contributed by atoms with Crippen molar-refractivity contribution in [3.63, 3.8) is 0 Å². The fraction of sp³-hybridized carbons (Fsp3) is 0.500. The number of rotatable bonds is 3. The van der Waals surface area contributed by atoms with E-state index in [1.165, 1.54) is 6.42 Å². The van der Waals surface area contributed by atoms with Crippen LogP contribution in [0.3, 0.4) is 0 Å². The van der Waals surface area contributed by atoms with E-state index >= 15 is 0 Å². The number of aromatic nitrogens is 2. The van der Waals surface area contributed by atoms with Crippen molar-refractivity contribution in [2.24, 2.45) is 0 Å². The lowest BCUT2D eigenvalue weighted by atomic mass is 10.00. The van der Waals surface area contributed by atoms with Crippen LogP contribution in [0.4, 0.5) is 0 Å². The molecule has 1 amide bonds. The fourth-order valence-corrected chi connectivity index (χ4v) is 4.04. The first kappa shape index (κ1) is 16.2. The molecule has 1 saturated heterocycles. The molecule has 0 N–H and O–H groups in total. The topological polar surface area (TPSA) is 47.4 Å². The molecule has 0 radical (unpaired) electrons. The minimum Gasteiger partial charge on any atom is -0.480 e. The van der Waals surface area contributed by atoms with Crippen LogP contribution in [-0.2, 0) is 17.8 Å². The highest BCUT2D eigenvalue weighted by Crippen LogP contribution is 2.30. The molecule has 1 fully saturated rings. The van der Waals surface area contributed by atoms with Gasteiger partial charge in [0, 0.05) is 18.7 Å². The first-order chi connectivity index (χ1) is 12.1. The van der Waals surface area contributed by atoms with Gasteiger partial charge in [-0.05, 0) is 50.8 Å². The summed E-state index contributed by atoms with van der Waals surface area (Å²) in [6.45, 7) is 5.67. The molecular weight excluding hydrogens is 314 g/mol. The lowest BCUT2D eigenvalue weighted by Gasteiger charge is -2.37. The molecule has 25 heavy (non-hydrogen) atoms. The molecular formula is C20H25N3O2. The maximum absolute atomic E-state index is 13.1. The molecule has 0 bridgehead atoms.